The fourth-order valence-electron chi connectivity index (χ4n) is 2.32. The third-order valence-corrected chi connectivity index (χ3v) is 3.64. The van der Waals surface area contributed by atoms with Crippen molar-refractivity contribution in [2.45, 2.75) is 0 Å². The molecule has 0 atom stereocenters. The van der Waals surface area contributed by atoms with Gasteiger partial charge in [0.05, 0.1) is 21.0 Å². The Kier molecular flexibility index (Phi) is 3.03. The molecule has 0 unspecified atom stereocenters. The molecule has 0 spiro atoms. The molecule has 0 saturated heterocycles. The molecule has 2 N–H and O–H groups in total. The fraction of sp³-hybridized carbons (Fsp3) is 0.0714. The minimum absolute atomic E-state index is 0.126. The van der Waals surface area contributed by atoms with Gasteiger partial charge in [0, 0.05) is 18.7 Å². The summed E-state index contributed by atoms with van der Waals surface area (Å²) >= 11 is 6.18. The van der Waals surface area contributed by atoms with Gasteiger partial charge in [-0.3, -0.25) is 10.1 Å². The van der Waals surface area contributed by atoms with E-state index in [1.54, 1.807) is 12.1 Å². The van der Waals surface area contributed by atoms with Crippen molar-refractivity contribution in [3.8, 4) is 11.4 Å². The summed E-state index contributed by atoms with van der Waals surface area (Å²) in [6, 6.07) is 10.1. The summed E-state index contributed by atoms with van der Waals surface area (Å²) in [5, 5.41) is 11.6. The first-order valence-electron chi connectivity index (χ1n) is 6.14. The van der Waals surface area contributed by atoms with Crippen molar-refractivity contribution >= 4 is 34.0 Å². The van der Waals surface area contributed by atoms with Crippen LogP contribution in [0.4, 0.5) is 11.4 Å². The van der Waals surface area contributed by atoms with E-state index in [2.05, 4.69) is 4.98 Å². The van der Waals surface area contributed by atoms with Gasteiger partial charge >= 0.3 is 0 Å². The van der Waals surface area contributed by atoms with Crippen LogP contribution in [0.5, 0.6) is 0 Å². The molecule has 0 aliphatic rings. The number of hydrogen-bond donors (Lipinski definition) is 1. The van der Waals surface area contributed by atoms with E-state index in [-0.39, 0.29) is 11.4 Å². The first kappa shape index (κ1) is 13.4. The summed E-state index contributed by atoms with van der Waals surface area (Å²) in [4.78, 5) is 15.0. The van der Waals surface area contributed by atoms with Crippen LogP contribution in [0.3, 0.4) is 0 Å². The van der Waals surface area contributed by atoms with Crippen molar-refractivity contribution in [1.82, 2.24) is 9.55 Å². The van der Waals surface area contributed by atoms with E-state index in [0.717, 1.165) is 11.0 Å². The van der Waals surface area contributed by atoms with Crippen molar-refractivity contribution < 1.29 is 4.92 Å². The second kappa shape index (κ2) is 4.75. The van der Waals surface area contributed by atoms with E-state index in [1.807, 2.05) is 23.7 Å². The van der Waals surface area contributed by atoms with Crippen molar-refractivity contribution in [1.29, 1.82) is 0 Å². The smallest absolute Gasteiger partial charge is 0.292 e. The maximum atomic E-state index is 11.0. The van der Waals surface area contributed by atoms with Gasteiger partial charge in [-0.15, -0.1) is 0 Å². The Morgan fingerprint density at radius 1 is 1.33 bits per heavy atom. The molecule has 1 heterocycles. The zero-order chi connectivity index (χ0) is 15.1. The van der Waals surface area contributed by atoms with Gasteiger partial charge in [0.15, 0.2) is 0 Å². The van der Waals surface area contributed by atoms with Gasteiger partial charge < -0.3 is 10.3 Å². The SMILES string of the molecule is Cn1c(-c2ccc(N)c([N+](=O)[O-])c2)nc2cccc(Cl)c21. The number of fused-ring (bicyclic) bond motifs is 1. The molecule has 6 nitrogen and oxygen atoms in total. The Balaban J connectivity index is 2.26. The highest BCUT2D eigenvalue weighted by Crippen LogP contribution is 2.31. The summed E-state index contributed by atoms with van der Waals surface area (Å²) in [5.41, 5.74) is 7.75. The van der Waals surface area contributed by atoms with Gasteiger partial charge in [-0.25, -0.2) is 4.98 Å². The van der Waals surface area contributed by atoms with Crippen LogP contribution in [-0.2, 0) is 7.05 Å². The van der Waals surface area contributed by atoms with Crippen molar-refractivity contribution in [3.05, 3.63) is 51.5 Å². The number of anilines is 1. The van der Waals surface area contributed by atoms with E-state index in [0.29, 0.717) is 16.4 Å². The minimum Gasteiger partial charge on any atom is -0.393 e. The number of para-hydroxylation sites is 1. The van der Waals surface area contributed by atoms with Gasteiger partial charge in [-0.2, -0.15) is 0 Å². The third-order valence-electron chi connectivity index (χ3n) is 3.33. The summed E-state index contributed by atoms with van der Waals surface area (Å²) in [7, 11) is 1.82. The lowest BCUT2D eigenvalue weighted by Gasteiger charge is -2.04. The second-order valence-corrected chi connectivity index (χ2v) is 5.04. The molecule has 106 valence electrons. The van der Waals surface area contributed by atoms with Crippen LogP contribution in [0.25, 0.3) is 22.4 Å². The van der Waals surface area contributed by atoms with Crippen LogP contribution < -0.4 is 5.73 Å². The summed E-state index contributed by atoms with van der Waals surface area (Å²) < 4.78 is 1.81. The maximum Gasteiger partial charge on any atom is 0.292 e. The number of nitrogens with two attached hydrogens (primary N) is 1. The Bertz CT molecular complexity index is 873. The summed E-state index contributed by atoms with van der Waals surface area (Å²) in [6.45, 7) is 0. The number of aryl methyl sites for hydroxylation is 1. The zero-order valence-corrected chi connectivity index (χ0v) is 11.8. The Labute approximate surface area is 124 Å². The highest BCUT2D eigenvalue weighted by molar-refractivity contribution is 6.35. The molecule has 3 aromatic rings. The predicted octanol–water partition coefficient (Wildman–Crippen LogP) is 3.38. The summed E-state index contributed by atoms with van der Waals surface area (Å²) in [5.74, 6) is 0.598. The van der Waals surface area contributed by atoms with Gasteiger partial charge in [0.25, 0.3) is 5.69 Å². The number of aromatic nitrogens is 2. The molecule has 0 aliphatic heterocycles. The molecule has 0 radical (unpaired) electrons. The number of halogens is 1. The van der Waals surface area contributed by atoms with Gasteiger partial charge in [0.1, 0.15) is 11.5 Å². The molecule has 1 aromatic heterocycles. The second-order valence-electron chi connectivity index (χ2n) is 4.63. The van der Waals surface area contributed by atoms with Crippen molar-refractivity contribution in [2.24, 2.45) is 7.05 Å². The van der Waals surface area contributed by atoms with Crippen LogP contribution in [0, 0.1) is 10.1 Å². The molecule has 0 fully saturated rings. The zero-order valence-electron chi connectivity index (χ0n) is 11.1. The first-order chi connectivity index (χ1) is 9.99. The third kappa shape index (κ3) is 2.09. The van der Waals surface area contributed by atoms with Crippen molar-refractivity contribution in [3.63, 3.8) is 0 Å². The van der Waals surface area contributed by atoms with E-state index < -0.39 is 4.92 Å². The molecule has 0 aliphatic carbocycles. The topological polar surface area (TPSA) is 87.0 Å². The number of hydrogen-bond acceptors (Lipinski definition) is 4. The maximum absolute atomic E-state index is 11.0. The van der Waals surface area contributed by atoms with Crippen LogP contribution in [0.1, 0.15) is 0 Å². The number of rotatable bonds is 2. The van der Waals surface area contributed by atoms with Gasteiger partial charge in [0.2, 0.25) is 0 Å². The number of nitro benzene ring substituents is 1. The summed E-state index contributed by atoms with van der Waals surface area (Å²) in [6.07, 6.45) is 0. The highest BCUT2D eigenvalue weighted by Gasteiger charge is 2.17. The number of nitrogen functional groups attached to an aromatic ring is 1. The fourth-order valence-corrected chi connectivity index (χ4v) is 2.62. The highest BCUT2D eigenvalue weighted by atomic mass is 35.5. The molecule has 0 bridgehead atoms. The average molecular weight is 303 g/mol. The lowest BCUT2D eigenvalue weighted by atomic mass is 10.1. The van der Waals surface area contributed by atoms with E-state index >= 15 is 0 Å². The molecular formula is C14H11ClN4O2. The molecular weight excluding hydrogens is 292 g/mol. The Morgan fingerprint density at radius 2 is 2.10 bits per heavy atom. The molecule has 3 rings (SSSR count). The normalized spacial score (nSPS) is 11.0. The average Bonchev–Trinajstić information content (AvgIpc) is 2.78. The quantitative estimate of drug-likeness (QED) is 0.446. The molecule has 0 saturated carbocycles. The lowest BCUT2D eigenvalue weighted by molar-refractivity contribution is -0.383. The molecule has 21 heavy (non-hydrogen) atoms. The van der Waals surface area contributed by atoms with E-state index in [4.69, 9.17) is 17.3 Å². The lowest BCUT2D eigenvalue weighted by Crippen LogP contribution is -1.98. The minimum atomic E-state index is -0.505. The number of nitro groups is 1. The number of nitrogens with zero attached hydrogens (tertiary/aromatic N) is 3. The van der Waals surface area contributed by atoms with Crippen molar-refractivity contribution in [2.75, 3.05) is 5.73 Å². The van der Waals surface area contributed by atoms with Gasteiger partial charge in [-0.05, 0) is 24.3 Å². The van der Waals surface area contributed by atoms with E-state index in [1.165, 1.54) is 12.1 Å². The molecule has 2 aromatic carbocycles. The van der Waals surface area contributed by atoms with Crippen LogP contribution >= 0.6 is 11.6 Å². The Hall–Kier alpha value is -2.60. The standard InChI is InChI=1S/C14H11ClN4O2/c1-18-13-9(15)3-2-4-11(13)17-14(18)8-5-6-10(16)12(7-8)19(20)21/h2-7H,16H2,1H3. The number of benzene rings is 2. The first-order valence-corrected chi connectivity index (χ1v) is 6.52. The molecule has 7 heteroatoms. The van der Waals surface area contributed by atoms with Gasteiger partial charge in [-0.1, -0.05) is 17.7 Å². The number of imidazole rings is 1. The molecule has 0 amide bonds. The van der Waals surface area contributed by atoms with Crippen LogP contribution in [0.2, 0.25) is 5.02 Å². The Morgan fingerprint density at radius 3 is 2.76 bits per heavy atom. The van der Waals surface area contributed by atoms with E-state index in [9.17, 15) is 10.1 Å². The van der Waals surface area contributed by atoms with Crippen LogP contribution in [0.15, 0.2) is 36.4 Å². The van der Waals surface area contributed by atoms with Crippen LogP contribution in [-0.4, -0.2) is 14.5 Å². The monoisotopic (exact) mass is 302 g/mol. The largest absolute Gasteiger partial charge is 0.393 e. The predicted molar refractivity (Wildman–Crippen MR) is 82.2 cm³/mol.